The van der Waals surface area contributed by atoms with Crippen molar-refractivity contribution < 1.29 is 14.0 Å². The largest absolute Gasteiger partial charge is 0.276 e. The second kappa shape index (κ2) is 12.2. The first-order valence-electron chi connectivity index (χ1n) is 7.75. The molecule has 0 aliphatic rings. The Bertz CT molecular complexity index is 797. The molecule has 0 saturated carbocycles. The molecule has 0 fully saturated rings. The van der Waals surface area contributed by atoms with E-state index in [9.17, 15) is 14.0 Å². The highest BCUT2D eigenvalue weighted by atomic mass is 35.5. The number of amides is 1. The standard InChI is InChI=1S/C12H16ClFN2O.C7H5ClO.2ClH/c1-7-8(5-6-9(14)10(7)13)11(17)16(15)12(2,3)4;8-7(9)6-4-2-1-3-5-6;;/h5-6H,15H2,1-4H3;1-5H;2*1H. The first-order chi connectivity index (χ1) is 12.0. The van der Waals surface area contributed by atoms with E-state index in [1.165, 1.54) is 12.1 Å². The van der Waals surface area contributed by atoms with Crippen molar-refractivity contribution in [2.24, 2.45) is 5.84 Å². The summed E-state index contributed by atoms with van der Waals surface area (Å²) in [6.45, 7) is 7.03. The number of carbonyl (C=O) groups is 2. The molecule has 156 valence electrons. The smallest absolute Gasteiger partial charge is 0.268 e. The molecule has 0 bridgehead atoms. The van der Waals surface area contributed by atoms with Gasteiger partial charge in [-0.05, 0) is 57.0 Å². The van der Waals surface area contributed by atoms with Crippen molar-refractivity contribution in [3.8, 4) is 0 Å². The highest BCUT2D eigenvalue weighted by molar-refractivity contribution is 6.67. The van der Waals surface area contributed by atoms with E-state index < -0.39 is 16.6 Å². The molecule has 2 rings (SSSR count). The van der Waals surface area contributed by atoms with Gasteiger partial charge in [-0.25, -0.2) is 10.2 Å². The Morgan fingerprint density at radius 3 is 1.93 bits per heavy atom. The van der Waals surface area contributed by atoms with Crippen LogP contribution in [0.4, 0.5) is 4.39 Å². The van der Waals surface area contributed by atoms with E-state index in [0.717, 1.165) is 5.01 Å². The van der Waals surface area contributed by atoms with Crippen LogP contribution in [0.15, 0.2) is 42.5 Å². The van der Waals surface area contributed by atoms with Gasteiger partial charge in [0.15, 0.2) is 0 Å². The fourth-order valence-electron chi connectivity index (χ4n) is 1.89. The van der Waals surface area contributed by atoms with Gasteiger partial charge in [-0.2, -0.15) is 0 Å². The van der Waals surface area contributed by atoms with Crippen molar-refractivity contribution in [2.75, 3.05) is 0 Å². The molecule has 9 heteroatoms. The summed E-state index contributed by atoms with van der Waals surface area (Å²) in [4.78, 5) is 22.5. The molecule has 4 nitrogen and oxygen atoms in total. The number of hydrogen-bond donors (Lipinski definition) is 1. The predicted octanol–water partition coefficient (Wildman–Crippen LogP) is 5.81. The van der Waals surface area contributed by atoms with Gasteiger partial charge in [-0.1, -0.05) is 41.9 Å². The van der Waals surface area contributed by atoms with E-state index in [2.05, 4.69) is 0 Å². The molecule has 0 radical (unpaired) electrons. The minimum Gasteiger partial charge on any atom is -0.276 e. The van der Waals surface area contributed by atoms with E-state index in [1.807, 2.05) is 26.8 Å². The first-order valence-corrected chi connectivity index (χ1v) is 8.51. The van der Waals surface area contributed by atoms with Gasteiger partial charge in [-0.3, -0.25) is 14.6 Å². The monoisotopic (exact) mass is 470 g/mol. The van der Waals surface area contributed by atoms with Crippen LogP contribution >= 0.6 is 48.0 Å². The molecule has 2 aromatic rings. The Labute approximate surface area is 187 Å². The third kappa shape index (κ3) is 7.94. The van der Waals surface area contributed by atoms with Crippen LogP contribution in [0.5, 0.6) is 0 Å². The van der Waals surface area contributed by atoms with Crippen LogP contribution in [0.25, 0.3) is 0 Å². The number of rotatable bonds is 2. The number of benzene rings is 2. The predicted molar refractivity (Wildman–Crippen MR) is 117 cm³/mol. The van der Waals surface area contributed by atoms with Gasteiger partial charge in [0.2, 0.25) is 0 Å². The number of hydrazine groups is 1. The fourth-order valence-corrected chi connectivity index (χ4v) is 2.18. The molecule has 0 heterocycles. The number of halogens is 5. The van der Waals surface area contributed by atoms with Gasteiger partial charge in [0.05, 0.1) is 10.6 Å². The van der Waals surface area contributed by atoms with Crippen molar-refractivity contribution in [3.63, 3.8) is 0 Å². The van der Waals surface area contributed by atoms with Crippen LogP contribution in [-0.4, -0.2) is 21.7 Å². The SMILES string of the molecule is Cc1c(C(=O)N(N)C(C)(C)C)ccc(F)c1Cl.Cl.Cl.O=C(Cl)c1ccccc1. The van der Waals surface area contributed by atoms with Crippen LogP contribution in [-0.2, 0) is 0 Å². The molecule has 2 N–H and O–H groups in total. The summed E-state index contributed by atoms with van der Waals surface area (Å²) < 4.78 is 13.2. The van der Waals surface area contributed by atoms with E-state index in [0.29, 0.717) is 16.7 Å². The molecule has 0 spiro atoms. The lowest BCUT2D eigenvalue weighted by Gasteiger charge is -2.31. The molecule has 28 heavy (non-hydrogen) atoms. The van der Waals surface area contributed by atoms with Crippen molar-refractivity contribution >= 4 is 59.2 Å². The lowest BCUT2D eigenvalue weighted by molar-refractivity contribution is 0.0581. The highest BCUT2D eigenvalue weighted by Crippen LogP contribution is 2.24. The van der Waals surface area contributed by atoms with Crippen LogP contribution < -0.4 is 5.84 Å². The molecule has 0 aliphatic heterocycles. The molecule has 0 atom stereocenters. The quantitative estimate of drug-likeness (QED) is 0.260. The van der Waals surface area contributed by atoms with E-state index in [-0.39, 0.29) is 35.7 Å². The summed E-state index contributed by atoms with van der Waals surface area (Å²) >= 11 is 10.9. The minimum atomic E-state index is -0.542. The summed E-state index contributed by atoms with van der Waals surface area (Å²) in [6, 6.07) is 11.3. The third-order valence-corrected chi connectivity index (χ3v) is 4.19. The van der Waals surface area contributed by atoms with E-state index >= 15 is 0 Å². The molecule has 0 unspecified atom stereocenters. The summed E-state index contributed by atoms with van der Waals surface area (Å²) in [5, 5.41) is 0.664. The van der Waals surface area contributed by atoms with Gasteiger partial charge in [0.25, 0.3) is 11.1 Å². The zero-order valence-electron chi connectivity index (χ0n) is 15.8. The average Bonchev–Trinajstić information content (AvgIpc) is 2.59. The number of carbonyl (C=O) groups excluding carboxylic acids is 2. The lowest BCUT2D eigenvalue weighted by atomic mass is 10.0. The Kier molecular flexibility index (Phi) is 12.6. The molecule has 0 saturated heterocycles. The topological polar surface area (TPSA) is 63.4 Å². The summed E-state index contributed by atoms with van der Waals surface area (Å²) in [5.74, 6) is 4.81. The Hall–Kier alpha value is -1.37. The maximum Gasteiger partial charge on any atom is 0.268 e. The zero-order valence-corrected chi connectivity index (χ0v) is 19.0. The van der Waals surface area contributed by atoms with Gasteiger partial charge in [0, 0.05) is 11.1 Å². The molecule has 0 aliphatic carbocycles. The number of hydrogen-bond acceptors (Lipinski definition) is 3. The average molecular weight is 472 g/mol. The van der Waals surface area contributed by atoms with Gasteiger partial charge in [0.1, 0.15) is 5.82 Å². The van der Waals surface area contributed by atoms with E-state index in [1.54, 1.807) is 31.2 Å². The van der Waals surface area contributed by atoms with Gasteiger partial charge in [-0.15, -0.1) is 24.8 Å². The second-order valence-corrected chi connectivity index (χ2v) is 7.24. The van der Waals surface area contributed by atoms with E-state index in [4.69, 9.17) is 29.0 Å². The Morgan fingerprint density at radius 1 is 1.04 bits per heavy atom. The first kappa shape index (κ1) is 28.8. The number of nitrogens with two attached hydrogens (primary N) is 1. The van der Waals surface area contributed by atoms with Gasteiger partial charge >= 0.3 is 0 Å². The minimum absolute atomic E-state index is 0. The molecule has 2 aromatic carbocycles. The van der Waals surface area contributed by atoms with Crippen LogP contribution in [0.1, 0.15) is 47.1 Å². The third-order valence-electron chi connectivity index (χ3n) is 3.51. The van der Waals surface area contributed by atoms with Crippen LogP contribution in [0.2, 0.25) is 5.02 Å². The maximum atomic E-state index is 13.2. The number of nitrogens with zero attached hydrogens (tertiary/aromatic N) is 1. The molecular formula is C19H23Cl4FN2O2. The van der Waals surface area contributed by atoms with Crippen molar-refractivity contribution in [3.05, 3.63) is 70.0 Å². The summed E-state index contributed by atoms with van der Waals surface area (Å²) in [6.07, 6.45) is 0. The normalized spacial score (nSPS) is 9.86. The molecule has 1 amide bonds. The highest BCUT2D eigenvalue weighted by Gasteiger charge is 2.26. The van der Waals surface area contributed by atoms with Crippen LogP contribution in [0, 0.1) is 12.7 Å². The zero-order chi connectivity index (χ0) is 20.1. The molecule has 0 aromatic heterocycles. The Balaban J connectivity index is 0. The van der Waals surface area contributed by atoms with Crippen LogP contribution in [0.3, 0.4) is 0 Å². The van der Waals surface area contributed by atoms with Gasteiger partial charge < -0.3 is 0 Å². The van der Waals surface area contributed by atoms with Crippen molar-refractivity contribution in [1.29, 1.82) is 0 Å². The summed E-state index contributed by atoms with van der Waals surface area (Å²) in [5.41, 5.74) is 0.744. The fraction of sp³-hybridized carbons (Fsp3) is 0.263. The van der Waals surface area contributed by atoms with Crippen molar-refractivity contribution in [1.82, 2.24) is 5.01 Å². The maximum absolute atomic E-state index is 13.2. The Morgan fingerprint density at radius 2 is 1.54 bits per heavy atom. The summed E-state index contributed by atoms with van der Waals surface area (Å²) in [7, 11) is 0. The van der Waals surface area contributed by atoms with Crippen molar-refractivity contribution in [2.45, 2.75) is 33.2 Å². The lowest BCUT2D eigenvalue weighted by Crippen LogP contribution is -2.50. The molecular weight excluding hydrogens is 449 g/mol. The second-order valence-electron chi connectivity index (χ2n) is 6.52.